The van der Waals surface area contributed by atoms with Crippen LogP contribution in [-0.4, -0.2) is 51.1 Å². The molecule has 0 aliphatic carbocycles. The Morgan fingerprint density at radius 1 is 1.36 bits per heavy atom. The molecule has 0 fully saturated rings. The lowest BCUT2D eigenvalue weighted by molar-refractivity contribution is -0.121. The summed E-state index contributed by atoms with van der Waals surface area (Å²) in [5.74, 6) is -0.485. The number of halogens is 2. The maximum absolute atomic E-state index is 14.1. The second kappa shape index (κ2) is 12.4. The molecule has 2 aromatic heterocycles. The van der Waals surface area contributed by atoms with Crippen LogP contribution in [0.5, 0.6) is 0 Å². The predicted octanol–water partition coefficient (Wildman–Crippen LogP) is 4.70. The number of nitrogens with zero attached hydrogens (tertiary/aromatic N) is 5. The molecule has 0 saturated carbocycles. The standard InChI is InChI=1S/C27H36ClFN6O3Si/c1-18(15-35-8-7-24(33-35)19-11-22(28)21(14-30)23(29)12-19)31-25(36)13-20-16-34(26(32-20)27(2,3)37)17-38-9-10-39(4,5)6/h7-8,11-12,16,18,37H,9-10,13,15,17H2,1-6H3,(H,31,36)/t18-/m0/s1. The third-order valence-corrected chi connectivity index (χ3v) is 7.90. The highest BCUT2D eigenvalue weighted by atomic mass is 35.5. The molecule has 0 bridgehead atoms. The first-order chi connectivity index (χ1) is 18.2. The number of nitrogens with one attached hydrogen (secondary N) is 1. The first-order valence-electron chi connectivity index (χ1n) is 12.8. The molecule has 12 heteroatoms. The van der Waals surface area contributed by atoms with Gasteiger partial charge >= 0.3 is 0 Å². The van der Waals surface area contributed by atoms with Gasteiger partial charge in [0.1, 0.15) is 35.6 Å². The third kappa shape index (κ3) is 8.73. The summed E-state index contributed by atoms with van der Waals surface area (Å²) in [6, 6.07) is 6.95. The molecule has 0 aliphatic rings. The molecule has 1 atom stereocenters. The number of carbonyl (C=O) groups is 1. The third-order valence-electron chi connectivity index (χ3n) is 5.90. The second-order valence-electron chi connectivity index (χ2n) is 11.4. The summed E-state index contributed by atoms with van der Waals surface area (Å²) < 4.78 is 23.4. The number of ether oxygens (including phenoxy) is 1. The van der Waals surface area contributed by atoms with E-state index in [9.17, 15) is 14.3 Å². The van der Waals surface area contributed by atoms with Crippen molar-refractivity contribution in [2.45, 2.75) is 77.8 Å². The Labute approximate surface area is 234 Å². The second-order valence-corrected chi connectivity index (χ2v) is 17.5. The minimum absolute atomic E-state index is 0.0241. The summed E-state index contributed by atoms with van der Waals surface area (Å²) in [5.41, 5.74) is 0.0893. The van der Waals surface area contributed by atoms with Crippen molar-refractivity contribution >= 4 is 25.6 Å². The quantitative estimate of drug-likeness (QED) is 0.239. The van der Waals surface area contributed by atoms with E-state index in [0.717, 1.165) is 6.04 Å². The largest absolute Gasteiger partial charge is 0.383 e. The zero-order valence-electron chi connectivity index (χ0n) is 23.3. The predicted molar refractivity (Wildman–Crippen MR) is 150 cm³/mol. The monoisotopic (exact) mass is 574 g/mol. The van der Waals surface area contributed by atoms with E-state index in [4.69, 9.17) is 21.6 Å². The summed E-state index contributed by atoms with van der Waals surface area (Å²) in [7, 11) is -1.22. The lowest BCUT2D eigenvalue weighted by atomic mass is 10.1. The summed E-state index contributed by atoms with van der Waals surface area (Å²) in [4.78, 5) is 17.3. The van der Waals surface area contributed by atoms with E-state index in [1.807, 2.05) is 6.92 Å². The van der Waals surface area contributed by atoms with Crippen LogP contribution in [0.1, 0.15) is 37.9 Å². The summed E-state index contributed by atoms with van der Waals surface area (Å²) in [5, 5.41) is 27.0. The van der Waals surface area contributed by atoms with Crippen LogP contribution < -0.4 is 5.32 Å². The lowest BCUT2D eigenvalue weighted by Crippen LogP contribution is -2.36. The van der Waals surface area contributed by atoms with E-state index >= 15 is 0 Å². The number of hydrogen-bond donors (Lipinski definition) is 2. The first-order valence-corrected chi connectivity index (χ1v) is 16.8. The van der Waals surface area contributed by atoms with Gasteiger partial charge in [-0.2, -0.15) is 10.4 Å². The minimum Gasteiger partial charge on any atom is -0.383 e. The van der Waals surface area contributed by atoms with Gasteiger partial charge in [0.25, 0.3) is 0 Å². The zero-order valence-corrected chi connectivity index (χ0v) is 25.0. The average molecular weight is 575 g/mol. The molecule has 2 heterocycles. The van der Waals surface area contributed by atoms with Gasteiger partial charge in [0, 0.05) is 38.7 Å². The number of amides is 1. The van der Waals surface area contributed by atoms with Crippen molar-refractivity contribution in [1.29, 1.82) is 5.26 Å². The van der Waals surface area contributed by atoms with Crippen LogP contribution in [0.3, 0.4) is 0 Å². The van der Waals surface area contributed by atoms with Gasteiger partial charge in [-0.1, -0.05) is 31.2 Å². The summed E-state index contributed by atoms with van der Waals surface area (Å²) in [6.07, 6.45) is 3.51. The van der Waals surface area contributed by atoms with Gasteiger partial charge in [-0.15, -0.1) is 0 Å². The first kappa shape index (κ1) is 30.5. The van der Waals surface area contributed by atoms with Crippen molar-refractivity contribution in [3.05, 3.63) is 58.5 Å². The van der Waals surface area contributed by atoms with E-state index in [1.54, 1.807) is 47.6 Å². The molecule has 0 radical (unpaired) electrons. The minimum atomic E-state index is -1.22. The van der Waals surface area contributed by atoms with Crippen molar-refractivity contribution in [3.63, 3.8) is 0 Å². The Bertz CT molecular complexity index is 1330. The molecular weight excluding hydrogens is 539 g/mol. The Kier molecular flexibility index (Phi) is 9.72. The number of rotatable bonds is 12. The number of benzene rings is 1. The molecule has 3 aromatic rings. The van der Waals surface area contributed by atoms with Crippen molar-refractivity contribution in [1.82, 2.24) is 24.6 Å². The van der Waals surface area contributed by atoms with E-state index in [-0.39, 0.29) is 35.7 Å². The molecular formula is C27H36ClFN6O3Si. The fourth-order valence-electron chi connectivity index (χ4n) is 3.94. The number of aromatic nitrogens is 4. The zero-order chi connectivity index (χ0) is 29.0. The van der Waals surface area contributed by atoms with E-state index in [1.165, 1.54) is 12.1 Å². The highest BCUT2D eigenvalue weighted by Crippen LogP contribution is 2.27. The number of nitriles is 1. The van der Waals surface area contributed by atoms with Crippen LogP contribution in [0, 0.1) is 17.1 Å². The van der Waals surface area contributed by atoms with Gasteiger partial charge in [-0.25, -0.2) is 9.37 Å². The molecule has 0 unspecified atom stereocenters. The molecule has 1 aromatic carbocycles. The maximum Gasteiger partial charge on any atom is 0.226 e. The fourth-order valence-corrected chi connectivity index (χ4v) is 4.95. The fraction of sp³-hybridized carbons (Fsp3) is 0.481. The number of imidazole rings is 1. The Hall–Kier alpha value is -3.04. The highest BCUT2D eigenvalue weighted by Gasteiger charge is 2.25. The molecule has 3 rings (SSSR count). The van der Waals surface area contributed by atoms with Crippen LogP contribution in [-0.2, 0) is 34.8 Å². The number of hydrogen-bond acceptors (Lipinski definition) is 6. The molecule has 0 saturated heterocycles. The van der Waals surface area contributed by atoms with Crippen molar-refractivity contribution in [2.24, 2.45) is 0 Å². The van der Waals surface area contributed by atoms with E-state index < -0.39 is 19.5 Å². The molecule has 39 heavy (non-hydrogen) atoms. The van der Waals surface area contributed by atoms with E-state index in [0.29, 0.717) is 35.9 Å². The van der Waals surface area contributed by atoms with Crippen molar-refractivity contribution in [2.75, 3.05) is 6.61 Å². The Morgan fingerprint density at radius 2 is 2.08 bits per heavy atom. The SMILES string of the molecule is C[C@@H](Cn1ccc(-c2cc(F)c(C#N)c(Cl)c2)n1)NC(=O)Cc1cn(COCC[Si](C)(C)C)c(C(C)(C)O)n1. The van der Waals surface area contributed by atoms with Crippen LogP contribution in [0.4, 0.5) is 4.39 Å². The summed E-state index contributed by atoms with van der Waals surface area (Å²) in [6.45, 7) is 13.3. The maximum atomic E-state index is 14.1. The summed E-state index contributed by atoms with van der Waals surface area (Å²) >= 11 is 6.01. The van der Waals surface area contributed by atoms with Crippen LogP contribution in [0.2, 0.25) is 30.7 Å². The van der Waals surface area contributed by atoms with Gasteiger partial charge < -0.3 is 19.7 Å². The van der Waals surface area contributed by atoms with Gasteiger partial charge in [0.15, 0.2) is 0 Å². The molecule has 1 amide bonds. The number of carbonyl (C=O) groups excluding carboxylic acids is 1. The van der Waals surface area contributed by atoms with Crippen molar-refractivity contribution in [3.8, 4) is 17.3 Å². The van der Waals surface area contributed by atoms with Gasteiger partial charge in [-0.3, -0.25) is 9.48 Å². The lowest BCUT2D eigenvalue weighted by Gasteiger charge is -2.19. The van der Waals surface area contributed by atoms with Crippen molar-refractivity contribution < 1.29 is 19.0 Å². The molecule has 9 nitrogen and oxygen atoms in total. The molecule has 0 aliphatic heterocycles. The molecule has 2 N–H and O–H groups in total. The normalized spacial score (nSPS) is 12.8. The molecule has 210 valence electrons. The van der Waals surface area contributed by atoms with Crippen LogP contribution >= 0.6 is 11.6 Å². The topological polar surface area (TPSA) is 118 Å². The van der Waals surface area contributed by atoms with Gasteiger partial charge in [-0.05, 0) is 45.0 Å². The van der Waals surface area contributed by atoms with Crippen LogP contribution in [0.15, 0.2) is 30.6 Å². The smallest absolute Gasteiger partial charge is 0.226 e. The highest BCUT2D eigenvalue weighted by molar-refractivity contribution is 6.76. The van der Waals surface area contributed by atoms with Gasteiger partial charge in [0.05, 0.1) is 29.4 Å². The Balaban J connectivity index is 1.59. The van der Waals surface area contributed by atoms with E-state index in [2.05, 4.69) is 35.0 Å². The molecule has 0 spiro atoms. The van der Waals surface area contributed by atoms with Crippen LogP contribution in [0.25, 0.3) is 11.3 Å². The van der Waals surface area contributed by atoms with Gasteiger partial charge in [0.2, 0.25) is 5.91 Å². The average Bonchev–Trinajstić information content (AvgIpc) is 3.42. The Morgan fingerprint density at radius 3 is 2.69 bits per heavy atom. The number of aliphatic hydroxyl groups is 1.